The van der Waals surface area contributed by atoms with Crippen LogP contribution in [0, 0.1) is 0 Å². The number of hydrogen-bond donors (Lipinski definition) is 1. The van der Waals surface area contributed by atoms with Gasteiger partial charge in [0.1, 0.15) is 11.3 Å². The quantitative estimate of drug-likeness (QED) is 0.297. The van der Waals surface area contributed by atoms with Gasteiger partial charge in [-0.25, -0.2) is 4.98 Å². The molecule has 0 aliphatic rings. The number of halogens is 1. The maximum Gasteiger partial charge on any atom is 0.234 e. The van der Waals surface area contributed by atoms with Crippen molar-refractivity contribution in [2.45, 2.75) is 24.7 Å². The average molecular weight is 467 g/mol. The van der Waals surface area contributed by atoms with E-state index in [1.165, 1.54) is 17.3 Å². The molecule has 4 rings (SSSR count). The summed E-state index contributed by atoms with van der Waals surface area (Å²) in [4.78, 5) is 18.2. The Labute approximate surface area is 196 Å². The van der Waals surface area contributed by atoms with Crippen molar-refractivity contribution in [2.24, 2.45) is 0 Å². The van der Waals surface area contributed by atoms with E-state index in [4.69, 9.17) is 20.8 Å². The van der Waals surface area contributed by atoms with Crippen molar-refractivity contribution in [1.29, 1.82) is 0 Å². The van der Waals surface area contributed by atoms with Gasteiger partial charge in [0, 0.05) is 15.5 Å². The molecule has 1 heterocycles. The van der Waals surface area contributed by atoms with Gasteiger partial charge in [0.05, 0.1) is 18.6 Å². The number of thioether (sulfide) groups is 1. The van der Waals surface area contributed by atoms with Crippen molar-refractivity contribution in [3.63, 3.8) is 0 Å². The normalized spacial score (nSPS) is 11.2. The minimum atomic E-state index is -0.139. The van der Waals surface area contributed by atoms with Gasteiger partial charge in [0.15, 0.2) is 5.58 Å². The van der Waals surface area contributed by atoms with E-state index in [-0.39, 0.29) is 11.7 Å². The molecule has 0 aliphatic carbocycles. The summed E-state index contributed by atoms with van der Waals surface area (Å²) in [7, 11) is 1.57. The van der Waals surface area contributed by atoms with Crippen LogP contribution in [0.3, 0.4) is 0 Å². The lowest BCUT2D eigenvalue weighted by atomic mass is 10.0. The van der Waals surface area contributed by atoms with Crippen LogP contribution in [0.4, 0.5) is 5.69 Å². The number of rotatable bonds is 7. The van der Waals surface area contributed by atoms with Crippen LogP contribution >= 0.6 is 23.4 Å². The number of benzene rings is 3. The van der Waals surface area contributed by atoms with Crippen molar-refractivity contribution in [3.05, 3.63) is 71.2 Å². The highest BCUT2D eigenvalue weighted by molar-refractivity contribution is 8.00. The molecule has 3 aromatic carbocycles. The van der Waals surface area contributed by atoms with Gasteiger partial charge in [-0.1, -0.05) is 31.5 Å². The molecule has 32 heavy (non-hydrogen) atoms. The van der Waals surface area contributed by atoms with Crippen LogP contribution in [0.1, 0.15) is 25.3 Å². The smallest absolute Gasteiger partial charge is 0.234 e. The van der Waals surface area contributed by atoms with Crippen LogP contribution in [0.25, 0.3) is 22.6 Å². The summed E-state index contributed by atoms with van der Waals surface area (Å²) >= 11 is 7.35. The van der Waals surface area contributed by atoms with Gasteiger partial charge in [0.2, 0.25) is 11.8 Å². The highest BCUT2D eigenvalue weighted by Gasteiger charge is 2.14. The van der Waals surface area contributed by atoms with Gasteiger partial charge in [-0.3, -0.25) is 4.79 Å². The first kappa shape index (κ1) is 22.2. The Morgan fingerprint density at radius 1 is 1.12 bits per heavy atom. The number of ether oxygens (including phenoxy) is 1. The van der Waals surface area contributed by atoms with Gasteiger partial charge in [-0.2, -0.15) is 0 Å². The molecule has 164 valence electrons. The molecule has 1 N–H and O–H groups in total. The number of nitrogens with zero attached hydrogens (tertiary/aromatic N) is 1. The Morgan fingerprint density at radius 2 is 1.91 bits per heavy atom. The summed E-state index contributed by atoms with van der Waals surface area (Å²) in [5, 5.41) is 3.60. The molecule has 0 bridgehead atoms. The summed E-state index contributed by atoms with van der Waals surface area (Å²) in [6, 6.07) is 18.9. The molecular weight excluding hydrogens is 444 g/mol. The van der Waals surface area contributed by atoms with E-state index in [0.717, 1.165) is 21.6 Å². The molecule has 0 unspecified atom stereocenters. The number of oxazole rings is 1. The second-order valence-electron chi connectivity index (χ2n) is 7.61. The number of fused-ring (bicyclic) bond motifs is 1. The molecule has 7 heteroatoms. The average Bonchev–Trinajstić information content (AvgIpc) is 3.22. The van der Waals surface area contributed by atoms with Crippen LogP contribution in [0.5, 0.6) is 5.75 Å². The van der Waals surface area contributed by atoms with E-state index in [1.807, 2.05) is 36.4 Å². The second kappa shape index (κ2) is 9.67. The minimum absolute atomic E-state index is 0.139. The molecular formula is C25H23ClN2O3S. The largest absolute Gasteiger partial charge is 0.495 e. The summed E-state index contributed by atoms with van der Waals surface area (Å²) in [6.45, 7) is 4.29. The predicted octanol–water partition coefficient (Wildman–Crippen LogP) is 7.01. The maximum atomic E-state index is 12.6. The standard InChI is InChI=1S/C25H23ClN2O3S/c1-15(2)16-4-11-23-21(12-16)28-25(31-23)17-5-10-22(30-3)20(13-17)27-24(29)14-32-19-8-6-18(26)7-9-19/h4-13,15H,14H2,1-3H3,(H,27,29). The number of nitrogens with one attached hydrogen (secondary N) is 1. The molecule has 0 saturated carbocycles. The van der Waals surface area contributed by atoms with Gasteiger partial charge >= 0.3 is 0 Å². The first-order valence-corrected chi connectivity index (χ1v) is 11.6. The van der Waals surface area contributed by atoms with E-state index in [9.17, 15) is 4.79 Å². The summed E-state index contributed by atoms with van der Waals surface area (Å²) in [5.74, 6) is 1.59. The van der Waals surface area contributed by atoms with Gasteiger partial charge in [-0.05, 0) is 66.1 Å². The maximum absolute atomic E-state index is 12.6. The minimum Gasteiger partial charge on any atom is -0.495 e. The Morgan fingerprint density at radius 3 is 2.62 bits per heavy atom. The Kier molecular flexibility index (Phi) is 6.72. The zero-order valence-electron chi connectivity index (χ0n) is 18.0. The Hall–Kier alpha value is -2.96. The fourth-order valence-corrected chi connectivity index (χ4v) is 4.06. The highest BCUT2D eigenvalue weighted by atomic mass is 35.5. The number of hydrogen-bond acceptors (Lipinski definition) is 5. The molecule has 0 fully saturated rings. The van der Waals surface area contributed by atoms with Crippen LogP contribution in [-0.2, 0) is 4.79 Å². The molecule has 4 aromatic rings. The first-order chi connectivity index (χ1) is 15.4. The monoisotopic (exact) mass is 466 g/mol. The lowest BCUT2D eigenvalue weighted by Gasteiger charge is -2.11. The SMILES string of the molecule is COc1ccc(-c2nc3cc(C(C)C)ccc3o2)cc1NC(=O)CSc1ccc(Cl)cc1. The van der Waals surface area contributed by atoms with Gasteiger partial charge in [-0.15, -0.1) is 11.8 Å². The van der Waals surface area contributed by atoms with Crippen LogP contribution in [0.2, 0.25) is 5.02 Å². The Balaban J connectivity index is 1.53. The molecule has 0 radical (unpaired) electrons. The molecule has 0 aliphatic heterocycles. The lowest BCUT2D eigenvalue weighted by Crippen LogP contribution is -2.14. The molecule has 0 spiro atoms. The second-order valence-corrected chi connectivity index (χ2v) is 9.09. The van der Waals surface area contributed by atoms with Crippen molar-refractivity contribution in [3.8, 4) is 17.2 Å². The number of amides is 1. The van der Waals surface area contributed by atoms with Crippen molar-refractivity contribution in [2.75, 3.05) is 18.2 Å². The number of methoxy groups -OCH3 is 1. The predicted molar refractivity (Wildman–Crippen MR) is 131 cm³/mol. The van der Waals surface area contributed by atoms with E-state index in [1.54, 1.807) is 25.3 Å². The summed E-state index contributed by atoms with van der Waals surface area (Å²) in [6.07, 6.45) is 0. The van der Waals surface area contributed by atoms with Crippen molar-refractivity contribution in [1.82, 2.24) is 4.98 Å². The third kappa shape index (κ3) is 5.09. The van der Waals surface area contributed by atoms with Crippen LogP contribution < -0.4 is 10.1 Å². The molecule has 0 atom stereocenters. The molecule has 0 saturated heterocycles. The third-order valence-corrected chi connectivity index (χ3v) is 6.25. The van der Waals surface area contributed by atoms with E-state index >= 15 is 0 Å². The van der Waals surface area contributed by atoms with E-state index < -0.39 is 0 Å². The van der Waals surface area contributed by atoms with Crippen molar-refractivity contribution < 1.29 is 13.9 Å². The number of aromatic nitrogens is 1. The number of carbonyl (C=O) groups is 1. The molecule has 5 nitrogen and oxygen atoms in total. The number of anilines is 1. The third-order valence-electron chi connectivity index (χ3n) is 4.98. The summed E-state index contributed by atoms with van der Waals surface area (Å²) < 4.78 is 11.4. The van der Waals surface area contributed by atoms with Crippen molar-refractivity contribution >= 4 is 46.1 Å². The summed E-state index contributed by atoms with van der Waals surface area (Å²) in [5.41, 5.74) is 4.07. The lowest BCUT2D eigenvalue weighted by molar-refractivity contribution is -0.113. The van der Waals surface area contributed by atoms with Crippen LogP contribution in [-0.4, -0.2) is 23.8 Å². The van der Waals surface area contributed by atoms with Crippen LogP contribution in [0.15, 0.2) is 70.0 Å². The Bertz CT molecular complexity index is 1250. The molecule has 1 aromatic heterocycles. The van der Waals surface area contributed by atoms with E-state index in [0.29, 0.717) is 28.3 Å². The first-order valence-electron chi connectivity index (χ1n) is 10.2. The highest BCUT2D eigenvalue weighted by Crippen LogP contribution is 2.33. The van der Waals surface area contributed by atoms with Gasteiger partial charge in [0.25, 0.3) is 0 Å². The van der Waals surface area contributed by atoms with E-state index in [2.05, 4.69) is 30.2 Å². The molecule has 1 amide bonds. The zero-order chi connectivity index (χ0) is 22.7. The number of carbonyl (C=O) groups excluding carboxylic acids is 1. The fourth-order valence-electron chi connectivity index (χ4n) is 3.23. The van der Waals surface area contributed by atoms with Gasteiger partial charge < -0.3 is 14.5 Å². The zero-order valence-corrected chi connectivity index (χ0v) is 19.6. The topological polar surface area (TPSA) is 64.4 Å². The fraction of sp³-hybridized carbons (Fsp3) is 0.200.